The van der Waals surface area contributed by atoms with Crippen molar-refractivity contribution in [2.24, 2.45) is 16.5 Å². The maximum absolute atomic E-state index is 11.4. The number of aliphatic imine (C=N–C) groups is 1. The summed E-state index contributed by atoms with van der Waals surface area (Å²) in [6, 6.07) is -0.0193. The summed E-state index contributed by atoms with van der Waals surface area (Å²) in [4.78, 5) is 15.3. The van der Waals surface area contributed by atoms with E-state index >= 15 is 0 Å². The van der Waals surface area contributed by atoms with Gasteiger partial charge in [0, 0.05) is 13.0 Å². The molecule has 5 N–H and O–H groups in total. The van der Waals surface area contributed by atoms with Crippen molar-refractivity contribution in [2.75, 3.05) is 13.6 Å². The van der Waals surface area contributed by atoms with Crippen LogP contribution in [0.4, 0.5) is 0 Å². The van der Waals surface area contributed by atoms with Gasteiger partial charge in [-0.2, -0.15) is 0 Å². The predicted molar refractivity (Wildman–Crippen MR) is 62.7 cm³/mol. The Morgan fingerprint density at radius 3 is 2.53 bits per heavy atom. The first-order chi connectivity index (χ1) is 7.11. The van der Waals surface area contributed by atoms with E-state index in [1.165, 1.54) is 0 Å². The van der Waals surface area contributed by atoms with Crippen molar-refractivity contribution in [3.8, 4) is 0 Å². The lowest BCUT2D eigenvalue weighted by molar-refractivity contribution is -0.120. The molecule has 1 atom stereocenters. The Bertz CT molecular complexity index is 211. The molecular weight excluding hydrogens is 192 g/mol. The molecule has 5 heteroatoms. The van der Waals surface area contributed by atoms with Crippen LogP contribution in [0.2, 0.25) is 0 Å². The molecule has 0 saturated carbocycles. The molecule has 0 aromatic carbocycles. The van der Waals surface area contributed by atoms with Gasteiger partial charge in [-0.25, -0.2) is 0 Å². The summed E-state index contributed by atoms with van der Waals surface area (Å²) in [5.41, 5.74) is 10.4. The Balaban J connectivity index is 3.64. The van der Waals surface area contributed by atoms with Crippen LogP contribution in [0, 0.1) is 0 Å². The number of carbonyl (C=O) groups excluding carboxylic acids is 1. The fraction of sp³-hybridized carbons (Fsp3) is 0.800. The normalized spacial score (nSPS) is 12.1. The molecule has 0 rings (SSSR count). The maximum Gasteiger partial charge on any atom is 0.185 e. The molecule has 5 nitrogen and oxygen atoms in total. The van der Waals surface area contributed by atoms with Gasteiger partial charge in [-0.3, -0.25) is 9.79 Å². The molecule has 0 aliphatic rings. The highest BCUT2D eigenvalue weighted by molar-refractivity contribution is 5.83. The first kappa shape index (κ1) is 13.9. The third-order valence-corrected chi connectivity index (χ3v) is 2.28. The van der Waals surface area contributed by atoms with Gasteiger partial charge in [0.1, 0.15) is 5.78 Å². The van der Waals surface area contributed by atoms with Gasteiger partial charge in [0.05, 0.1) is 6.04 Å². The highest BCUT2D eigenvalue weighted by Gasteiger charge is 2.12. The number of rotatable bonds is 8. The lowest BCUT2D eigenvalue weighted by Gasteiger charge is -2.13. The second-order valence-corrected chi connectivity index (χ2v) is 3.46. The molecule has 15 heavy (non-hydrogen) atoms. The summed E-state index contributed by atoms with van der Waals surface area (Å²) in [6.07, 6.45) is 3.30. The third-order valence-electron chi connectivity index (χ3n) is 2.28. The number of carbonyl (C=O) groups is 1. The Hall–Kier alpha value is -1.10. The smallest absolute Gasteiger partial charge is 0.185 e. The Kier molecular flexibility index (Phi) is 7.62. The van der Waals surface area contributed by atoms with E-state index in [1.807, 2.05) is 14.0 Å². The third kappa shape index (κ3) is 6.90. The van der Waals surface area contributed by atoms with Crippen molar-refractivity contribution in [3.63, 3.8) is 0 Å². The van der Waals surface area contributed by atoms with E-state index in [0.29, 0.717) is 13.0 Å². The average molecular weight is 214 g/mol. The van der Waals surface area contributed by atoms with Gasteiger partial charge < -0.3 is 16.8 Å². The monoisotopic (exact) mass is 214 g/mol. The van der Waals surface area contributed by atoms with Crippen LogP contribution >= 0.6 is 0 Å². The molecule has 0 heterocycles. The molecule has 0 aromatic rings. The zero-order valence-electron chi connectivity index (χ0n) is 9.62. The molecule has 0 amide bonds. The van der Waals surface area contributed by atoms with Crippen molar-refractivity contribution in [1.82, 2.24) is 5.32 Å². The fourth-order valence-electron chi connectivity index (χ4n) is 1.38. The van der Waals surface area contributed by atoms with Gasteiger partial charge in [0.15, 0.2) is 5.96 Å². The van der Waals surface area contributed by atoms with Crippen molar-refractivity contribution >= 4 is 11.7 Å². The van der Waals surface area contributed by atoms with Gasteiger partial charge in [-0.1, -0.05) is 6.92 Å². The van der Waals surface area contributed by atoms with Gasteiger partial charge in [0.2, 0.25) is 0 Å². The quantitative estimate of drug-likeness (QED) is 0.301. The molecular formula is C10H22N4O. The first-order valence-corrected chi connectivity index (χ1v) is 5.37. The SMILES string of the molecule is CCC(=O)C(CCCCN=C(N)N)NC. The molecule has 0 fully saturated rings. The van der Waals surface area contributed by atoms with Crippen LogP contribution in [0.15, 0.2) is 4.99 Å². The van der Waals surface area contributed by atoms with E-state index < -0.39 is 0 Å². The predicted octanol–water partition coefficient (Wildman–Crippen LogP) is -0.00280. The fourth-order valence-corrected chi connectivity index (χ4v) is 1.38. The van der Waals surface area contributed by atoms with E-state index in [9.17, 15) is 4.79 Å². The number of hydrogen-bond acceptors (Lipinski definition) is 3. The minimum absolute atomic E-state index is 0.0193. The zero-order valence-corrected chi connectivity index (χ0v) is 9.62. The zero-order chi connectivity index (χ0) is 11.7. The summed E-state index contributed by atoms with van der Waals surface area (Å²) >= 11 is 0. The van der Waals surface area contributed by atoms with Gasteiger partial charge >= 0.3 is 0 Å². The molecule has 0 radical (unpaired) electrons. The van der Waals surface area contributed by atoms with E-state index in [4.69, 9.17) is 11.5 Å². The lowest BCUT2D eigenvalue weighted by Crippen LogP contribution is -2.33. The van der Waals surface area contributed by atoms with Crippen molar-refractivity contribution in [2.45, 2.75) is 38.6 Å². The molecule has 1 unspecified atom stereocenters. The van der Waals surface area contributed by atoms with Crippen LogP contribution in [-0.4, -0.2) is 31.4 Å². The van der Waals surface area contributed by atoms with Gasteiger partial charge in [-0.15, -0.1) is 0 Å². The highest BCUT2D eigenvalue weighted by Crippen LogP contribution is 2.03. The molecule has 0 spiro atoms. The highest BCUT2D eigenvalue weighted by atomic mass is 16.1. The molecule has 0 aliphatic carbocycles. The number of nitrogens with one attached hydrogen (secondary N) is 1. The Morgan fingerprint density at radius 2 is 2.07 bits per heavy atom. The average Bonchev–Trinajstić information content (AvgIpc) is 2.22. The van der Waals surface area contributed by atoms with Crippen LogP contribution in [0.5, 0.6) is 0 Å². The second-order valence-electron chi connectivity index (χ2n) is 3.46. The number of ketones is 1. The molecule has 0 aliphatic heterocycles. The van der Waals surface area contributed by atoms with Crippen molar-refractivity contribution in [1.29, 1.82) is 0 Å². The van der Waals surface area contributed by atoms with Gasteiger partial charge in [0.25, 0.3) is 0 Å². The van der Waals surface area contributed by atoms with E-state index in [1.54, 1.807) is 0 Å². The minimum atomic E-state index is -0.0193. The van der Waals surface area contributed by atoms with Crippen molar-refractivity contribution < 1.29 is 4.79 Å². The van der Waals surface area contributed by atoms with Crippen LogP contribution < -0.4 is 16.8 Å². The number of unbranched alkanes of at least 4 members (excludes halogenated alkanes) is 1. The Labute approximate surface area is 91.3 Å². The van der Waals surface area contributed by atoms with Crippen molar-refractivity contribution in [3.05, 3.63) is 0 Å². The number of nitrogens with two attached hydrogens (primary N) is 2. The van der Waals surface area contributed by atoms with Crippen LogP contribution in [0.1, 0.15) is 32.6 Å². The van der Waals surface area contributed by atoms with E-state index in [-0.39, 0.29) is 17.8 Å². The van der Waals surface area contributed by atoms with Crippen LogP contribution in [0.3, 0.4) is 0 Å². The summed E-state index contributed by atoms with van der Waals surface area (Å²) in [7, 11) is 1.81. The first-order valence-electron chi connectivity index (χ1n) is 5.37. The number of nitrogens with zero attached hydrogens (tertiary/aromatic N) is 1. The number of likely N-dealkylation sites (N-methyl/N-ethyl adjacent to an activating group) is 1. The minimum Gasteiger partial charge on any atom is -0.370 e. The molecule has 0 bridgehead atoms. The summed E-state index contributed by atoms with van der Waals surface area (Å²) in [5, 5.41) is 3.02. The number of guanidine groups is 1. The summed E-state index contributed by atoms with van der Waals surface area (Å²) in [5.74, 6) is 0.393. The van der Waals surface area contributed by atoms with Gasteiger partial charge in [-0.05, 0) is 26.3 Å². The number of hydrogen-bond donors (Lipinski definition) is 3. The van der Waals surface area contributed by atoms with E-state index in [0.717, 1.165) is 19.3 Å². The topological polar surface area (TPSA) is 93.5 Å². The number of Topliss-reactive ketones (excluding diaryl/α,β-unsaturated/α-hetero) is 1. The summed E-state index contributed by atoms with van der Waals surface area (Å²) < 4.78 is 0. The van der Waals surface area contributed by atoms with E-state index in [2.05, 4.69) is 10.3 Å². The van der Waals surface area contributed by atoms with Crippen LogP contribution in [-0.2, 0) is 4.79 Å². The molecule has 0 aromatic heterocycles. The summed E-state index contributed by atoms with van der Waals surface area (Å²) in [6.45, 7) is 2.52. The second kappa shape index (κ2) is 8.23. The molecule has 88 valence electrons. The standard InChI is InChI=1S/C10H22N4O/c1-3-9(15)8(13-2)6-4-5-7-14-10(11)12/h8,13H,3-7H2,1-2H3,(H4,11,12,14). The largest absolute Gasteiger partial charge is 0.370 e. The maximum atomic E-state index is 11.4. The van der Waals surface area contributed by atoms with Crippen LogP contribution in [0.25, 0.3) is 0 Å². The Morgan fingerprint density at radius 1 is 1.40 bits per heavy atom. The molecule has 0 saturated heterocycles. The lowest BCUT2D eigenvalue weighted by atomic mass is 10.0.